The molecule has 2 amide bonds. The summed E-state index contributed by atoms with van der Waals surface area (Å²) in [7, 11) is 0. The van der Waals surface area contributed by atoms with Crippen LogP contribution in [0.5, 0.6) is 0 Å². The quantitative estimate of drug-likeness (QED) is 0.820. The molecule has 5 nitrogen and oxygen atoms in total. The lowest BCUT2D eigenvalue weighted by Gasteiger charge is -2.13. The van der Waals surface area contributed by atoms with E-state index in [4.69, 9.17) is 4.74 Å². The molecule has 0 bridgehead atoms. The summed E-state index contributed by atoms with van der Waals surface area (Å²) in [5.74, 6) is -0.948. The second-order valence-corrected chi connectivity index (χ2v) is 4.56. The van der Waals surface area contributed by atoms with Crippen molar-refractivity contribution in [1.82, 2.24) is 5.32 Å². The van der Waals surface area contributed by atoms with E-state index in [9.17, 15) is 22.8 Å². The number of nitrogens with one attached hydrogen (secondary N) is 2. The Balaban J connectivity index is 2.47. The lowest BCUT2D eigenvalue weighted by molar-refractivity contribution is -0.147. The molecule has 0 saturated carbocycles. The minimum absolute atomic E-state index is 0.0608. The first kappa shape index (κ1) is 17.8. The van der Waals surface area contributed by atoms with E-state index in [1.807, 2.05) is 0 Å². The highest BCUT2D eigenvalue weighted by Crippen LogP contribution is 2.29. The molecule has 0 aliphatic rings. The van der Waals surface area contributed by atoms with Crippen molar-refractivity contribution in [1.29, 1.82) is 0 Å². The smallest absolute Gasteiger partial charge is 0.416 e. The third kappa shape index (κ3) is 5.63. The van der Waals surface area contributed by atoms with Gasteiger partial charge < -0.3 is 15.4 Å². The molecule has 0 unspecified atom stereocenters. The fourth-order valence-corrected chi connectivity index (χ4v) is 1.53. The van der Waals surface area contributed by atoms with Gasteiger partial charge in [-0.15, -0.1) is 0 Å². The van der Waals surface area contributed by atoms with Crippen LogP contribution in [0.3, 0.4) is 0 Å². The number of rotatable bonds is 5. The third-order valence-electron chi connectivity index (χ3n) is 2.73. The number of ether oxygens (including phenoxy) is 1. The molecule has 0 radical (unpaired) electrons. The molecule has 1 atom stereocenters. The summed E-state index contributed by atoms with van der Waals surface area (Å²) >= 11 is 0. The predicted octanol–water partition coefficient (Wildman–Crippen LogP) is 3.03. The second-order valence-electron chi connectivity index (χ2n) is 4.56. The topological polar surface area (TPSA) is 67.4 Å². The van der Waals surface area contributed by atoms with Crippen molar-refractivity contribution in [2.75, 3.05) is 18.5 Å². The number of urea groups is 1. The van der Waals surface area contributed by atoms with Gasteiger partial charge >= 0.3 is 18.2 Å². The monoisotopic (exact) mass is 318 g/mol. The van der Waals surface area contributed by atoms with Crippen molar-refractivity contribution in [2.45, 2.75) is 20.0 Å². The summed E-state index contributed by atoms with van der Waals surface area (Å²) in [6, 6.07) is 3.43. The van der Waals surface area contributed by atoms with Gasteiger partial charge in [-0.2, -0.15) is 13.2 Å². The molecule has 0 aromatic heterocycles. The lowest BCUT2D eigenvalue weighted by atomic mass is 10.2. The summed E-state index contributed by atoms with van der Waals surface area (Å²) in [5, 5.41) is 4.82. The van der Waals surface area contributed by atoms with Crippen molar-refractivity contribution < 1.29 is 27.5 Å². The van der Waals surface area contributed by atoms with Gasteiger partial charge in [0.25, 0.3) is 0 Å². The number of halogens is 3. The van der Waals surface area contributed by atoms with Crippen LogP contribution in [0.15, 0.2) is 24.3 Å². The fourth-order valence-electron chi connectivity index (χ4n) is 1.53. The van der Waals surface area contributed by atoms with Gasteiger partial charge in [0.2, 0.25) is 0 Å². The highest BCUT2D eigenvalue weighted by molar-refractivity contribution is 5.89. The Hall–Kier alpha value is -2.25. The number of esters is 1. The minimum Gasteiger partial charge on any atom is -0.466 e. The number of carbonyl (C=O) groups is 2. The van der Waals surface area contributed by atoms with Crippen LogP contribution in [0.25, 0.3) is 0 Å². The largest absolute Gasteiger partial charge is 0.466 e. The summed E-state index contributed by atoms with van der Waals surface area (Å²) in [6.07, 6.45) is -4.42. The first-order chi connectivity index (χ1) is 10.2. The van der Waals surface area contributed by atoms with Crippen LogP contribution in [0, 0.1) is 5.92 Å². The zero-order valence-electron chi connectivity index (χ0n) is 12.2. The first-order valence-corrected chi connectivity index (χ1v) is 6.62. The molecule has 1 aromatic rings. The van der Waals surface area contributed by atoms with Crippen LogP contribution in [0.2, 0.25) is 0 Å². The van der Waals surface area contributed by atoms with Crippen LogP contribution in [-0.4, -0.2) is 25.2 Å². The average molecular weight is 318 g/mol. The van der Waals surface area contributed by atoms with E-state index in [1.54, 1.807) is 13.8 Å². The predicted molar refractivity (Wildman–Crippen MR) is 74.3 cm³/mol. The van der Waals surface area contributed by atoms with Gasteiger partial charge in [-0.3, -0.25) is 4.79 Å². The van der Waals surface area contributed by atoms with E-state index in [-0.39, 0.29) is 18.8 Å². The number of amides is 2. The highest BCUT2D eigenvalue weighted by atomic mass is 19.4. The summed E-state index contributed by atoms with van der Waals surface area (Å²) < 4.78 is 41.9. The molecular weight excluding hydrogens is 301 g/mol. The number of hydrogen-bond acceptors (Lipinski definition) is 3. The molecule has 1 aromatic carbocycles. The summed E-state index contributed by atoms with van der Waals surface area (Å²) in [4.78, 5) is 22.9. The molecule has 0 aliphatic heterocycles. The van der Waals surface area contributed by atoms with E-state index in [0.29, 0.717) is 0 Å². The zero-order chi connectivity index (χ0) is 16.8. The molecule has 122 valence electrons. The molecule has 2 N–H and O–H groups in total. The maximum Gasteiger partial charge on any atom is 0.416 e. The molecule has 22 heavy (non-hydrogen) atoms. The van der Waals surface area contributed by atoms with E-state index in [1.165, 1.54) is 0 Å². The molecule has 0 aliphatic carbocycles. The van der Waals surface area contributed by atoms with Crippen molar-refractivity contribution in [3.05, 3.63) is 29.8 Å². The normalized spacial score (nSPS) is 12.4. The van der Waals surface area contributed by atoms with Gasteiger partial charge in [0.15, 0.2) is 0 Å². The molecule has 0 heterocycles. The van der Waals surface area contributed by atoms with Gasteiger partial charge in [0.05, 0.1) is 18.1 Å². The van der Waals surface area contributed by atoms with Crippen LogP contribution in [0.4, 0.5) is 23.7 Å². The number of carbonyl (C=O) groups excluding carboxylic acids is 2. The lowest BCUT2D eigenvalue weighted by Crippen LogP contribution is -2.35. The number of alkyl halides is 3. The Bertz CT molecular complexity index is 515. The SMILES string of the molecule is CCOC(=O)[C@H](C)CNC(=O)Nc1ccc(C(F)(F)F)cc1. The Morgan fingerprint density at radius 1 is 1.23 bits per heavy atom. The molecule has 0 saturated heterocycles. The van der Waals surface area contributed by atoms with Crippen molar-refractivity contribution in [3.8, 4) is 0 Å². The third-order valence-corrected chi connectivity index (χ3v) is 2.73. The number of anilines is 1. The van der Waals surface area contributed by atoms with E-state index < -0.39 is 29.7 Å². The van der Waals surface area contributed by atoms with E-state index in [0.717, 1.165) is 24.3 Å². The highest BCUT2D eigenvalue weighted by Gasteiger charge is 2.29. The Morgan fingerprint density at radius 2 is 1.82 bits per heavy atom. The standard InChI is InChI=1S/C14H17F3N2O3/c1-3-22-12(20)9(2)8-18-13(21)19-11-6-4-10(5-7-11)14(15,16)17/h4-7,9H,3,8H2,1-2H3,(H2,18,19,21)/t9-/m1/s1. The molecule has 8 heteroatoms. The molecule has 0 fully saturated rings. The Labute approximate surface area is 125 Å². The number of benzene rings is 1. The average Bonchev–Trinajstić information content (AvgIpc) is 2.44. The van der Waals surface area contributed by atoms with Crippen molar-refractivity contribution in [3.63, 3.8) is 0 Å². The second kappa shape index (κ2) is 7.67. The van der Waals surface area contributed by atoms with Crippen LogP contribution >= 0.6 is 0 Å². The summed E-state index contributed by atoms with van der Waals surface area (Å²) in [5.41, 5.74) is -0.580. The molecule has 1 rings (SSSR count). The van der Waals surface area contributed by atoms with Crippen LogP contribution < -0.4 is 10.6 Å². The van der Waals surface area contributed by atoms with Crippen LogP contribution in [0.1, 0.15) is 19.4 Å². The van der Waals surface area contributed by atoms with Crippen LogP contribution in [-0.2, 0) is 15.7 Å². The van der Waals surface area contributed by atoms with E-state index >= 15 is 0 Å². The Kier molecular flexibility index (Phi) is 6.21. The maximum atomic E-state index is 12.4. The minimum atomic E-state index is -4.42. The van der Waals surface area contributed by atoms with Gasteiger partial charge in [-0.1, -0.05) is 6.92 Å². The van der Waals surface area contributed by atoms with Gasteiger partial charge in [-0.05, 0) is 31.2 Å². The molecule has 0 spiro atoms. The van der Waals surface area contributed by atoms with Gasteiger partial charge in [0, 0.05) is 12.2 Å². The van der Waals surface area contributed by atoms with Gasteiger partial charge in [0.1, 0.15) is 0 Å². The number of hydrogen-bond donors (Lipinski definition) is 2. The summed E-state index contributed by atoms with van der Waals surface area (Å²) in [6.45, 7) is 3.58. The van der Waals surface area contributed by atoms with Gasteiger partial charge in [-0.25, -0.2) is 4.79 Å². The van der Waals surface area contributed by atoms with E-state index in [2.05, 4.69) is 10.6 Å². The zero-order valence-corrected chi connectivity index (χ0v) is 12.2. The fraction of sp³-hybridized carbons (Fsp3) is 0.429. The maximum absolute atomic E-state index is 12.4. The van der Waals surface area contributed by atoms with Crippen molar-refractivity contribution >= 4 is 17.7 Å². The molecular formula is C14H17F3N2O3. The first-order valence-electron chi connectivity index (χ1n) is 6.62. The Morgan fingerprint density at radius 3 is 2.32 bits per heavy atom. The van der Waals surface area contributed by atoms with Crippen molar-refractivity contribution in [2.24, 2.45) is 5.92 Å².